The van der Waals surface area contributed by atoms with Crippen LogP contribution >= 0.6 is 0 Å². The summed E-state index contributed by atoms with van der Waals surface area (Å²) in [7, 11) is 2.05. The number of carboxylic acids is 1. The minimum Gasteiger partial charge on any atom is -0.480 e. The van der Waals surface area contributed by atoms with E-state index in [1.165, 1.54) is 6.92 Å². The van der Waals surface area contributed by atoms with Crippen LogP contribution in [0.5, 0.6) is 0 Å². The van der Waals surface area contributed by atoms with Crippen LogP contribution in [0.3, 0.4) is 0 Å². The molecule has 0 aliphatic carbocycles. The van der Waals surface area contributed by atoms with E-state index in [1.54, 1.807) is 4.90 Å². The molecule has 0 aromatic carbocycles. The van der Waals surface area contributed by atoms with Crippen LogP contribution in [0.15, 0.2) is 0 Å². The fraction of sp³-hybridized carbons (Fsp3) is 0.833. The van der Waals surface area contributed by atoms with Crippen molar-refractivity contribution in [1.82, 2.24) is 15.1 Å². The molecule has 0 radical (unpaired) electrons. The molecule has 0 bridgehead atoms. The Morgan fingerprint density at radius 1 is 1.44 bits per heavy atom. The van der Waals surface area contributed by atoms with Crippen LogP contribution in [0.1, 0.15) is 26.7 Å². The van der Waals surface area contributed by atoms with Gasteiger partial charge in [-0.1, -0.05) is 6.92 Å². The number of hydrogen-bond acceptors (Lipinski definition) is 3. The normalized spacial score (nSPS) is 23.3. The number of likely N-dealkylation sites (N-methyl/N-ethyl adjacent to an activating group) is 1. The number of amides is 2. The van der Waals surface area contributed by atoms with Crippen LogP contribution in [0.25, 0.3) is 0 Å². The van der Waals surface area contributed by atoms with Crippen molar-refractivity contribution in [2.45, 2.75) is 38.8 Å². The number of carbonyl (C=O) groups is 2. The number of rotatable bonds is 3. The van der Waals surface area contributed by atoms with Gasteiger partial charge in [-0.05, 0) is 33.4 Å². The summed E-state index contributed by atoms with van der Waals surface area (Å²) in [4.78, 5) is 26.8. The maximum atomic E-state index is 12.1. The number of nitrogens with one attached hydrogen (secondary N) is 1. The molecule has 1 fully saturated rings. The molecule has 1 saturated heterocycles. The highest BCUT2D eigenvalue weighted by atomic mass is 16.4. The van der Waals surface area contributed by atoms with Crippen molar-refractivity contribution in [2.75, 3.05) is 26.7 Å². The first-order valence-electron chi connectivity index (χ1n) is 6.44. The summed E-state index contributed by atoms with van der Waals surface area (Å²) in [5.74, 6) is -1.01. The highest BCUT2D eigenvalue weighted by Gasteiger charge is 2.27. The van der Waals surface area contributed by atoms with Gasteiger partial charge in [0.2, 0.25) is 0 Å². The molecule has 0 aromatic rings. The molecule has 0 saturated carbocycles. The largest absolute Gasteiger partial charge is 0.480 e. The molecule has 2 amide bonds. The molecule has 1 heterocycles. The third kappa shape index (κ3) is 3.87. The van der Waals surface area contributed by atoms with E-state index in [9.17, 15) is 9.59 Å². The van der Waals surface area contributed by atoms with E-state index in [1.807, 2.05) is 14.0 Å². The predicted octanol–water partition coefficient (Wildman–Crippen LogP) is 0.585. The summed E-state index contributed by atoms with van der Waals surface area (Å²) in [5, 5.41) is 11.3. The lowest BCUT2D eigenvalue weighted by Crippen LogP contribution is -2.51. The molecule has 6 nitrogen and oxygen atoms in total. The average Bonchev–Trinajstić information content (AvgIpc) is 2.50. The number of nitrogens with zero attached hydrogens (tertiary/aromatic N) is 2. The van der Waals surface area contributed by atoms with Gasteiger partial charge in [0, 0.05) is 19.1 Å². The Balaban J connectivity index is 2.66. The smallest absolute Gasteiger partial charge is 0.325 e. The summed E-state index contributed by atoms with van der Waals surface area (Å²) >= 11 is 0. The molecule has 1 rings (SSSR count). The Bertz CT molecular complexity index is 309. The first-order chi connectivity index (χ1) is 8.45. The van der Waals surface area contributed by atoms with Crippen molar-refractivity contribution in [3.8, 4) is 0 Å². The van der Waals surface area contributed by atoms with E-state index in [2.05, 4.69) is 10.2 Å². The Labute approximate surface area is 108 Å². The van der Waals surface area contributed by atoms with Gasteiger partial charge in [-0.15, -0.1) is 0 Å². The maximum absolute atomic E-state index is 12.1. The fourth-order valence-corrected chi connectivity index (χ4v) is 2.19. The van der Waals surface area contributed by atoms with Crippen LogP contribution in [-0.2, 0) is 4.79 Å². The van der Waals surface area contributed by atoms with E-state index in [0.717, 1.165) is 25.9 Å². The Morgan fingerprint density at radius 2 is 2.11 bits per heavy atom. The third-order valence-corrected chi connectivity index (χ3v) is 3.34. The molecule has 1 aliphatic rings. The first kappa shape index (κ1) is 14.8. The third-order valence-electron chi connectivity index (χ3n) is 3.34. The minimum absolute atomic E-state index is 0.151. The van der Waals surface area contributed by atoms with Gasteiger partial charge in [-0.2, -0.15) is 0 Å². The van der Waals surface area contributed by atoms with Crippen LogP contribution in [-0.4, -0.2) is 65.7 Å². The second-order valence-electron chi connectivity index (χ2n) is 4.88. The van der Waals surface area contributed by atoms with Gasteiger partial charge in [0.25, 0.3) is 0 Å². The highest BCUT2D eigenvalue weighted by Crippen LogP contribution is 2.12. The predicted molar refractivity (Wildman–Crippen MR) is 68.5 cm³/mol. The van der Waals surface area contributed by atoms with Crippen LogP contribution in [0.2, 0.25) is 0 Å². The number of carbonyl (C=O) groups excluding carboxylic acids is 1. The molecule has 0 spiro atoms. The highest BCUT2D eigenvalue weighted by molar-refractivity contribution is 5.82. The first-order valence-corrected chi connectivity index (χ1v) is 6.44. The zero-order valence-electron chi connectivity index (χ0n) is 11.3. The van der Waals surface area contributed by atoms with Crippen molar-refractivity contribution < 1.29 is 14.7 Å². The molecular formula is C12H23N3O3. The Hall–Kier alpha value is -1.30. The van der Waals surface area contributed by atoms with E-state index in [4.69, 9.17) is 5.11 Å². The number of hydrogen-bond donors (Lipinski definition) is 2. The SMILES string of the molecule is CCC1CN(C)CCCN1C(=O)NC(C)C(=O)O. The Kier molecular flexibility index (Phi) is 5.40. The number of urea groups is 1. The van der Waals surface area contributed by atoms with Crippen molar-refractivity contribution in [2.24, 2.45) is 0 Å². The van der Waals surface area contributed by atoms with Crippen LogP contribution in [0.4, 0.5) is 4.79 Å². The fourth-order valence-electron chi connectivity index (χ4n) is 2.19. The molecule has 0 aromatic heterocycles. The summed E-state index contributed by atoms with van der Waals surface area (Å²) < 4.78 is 0. The summed E-state index contributed by atoms with van der Waals surface area (Å²) in [6.45, 7) is 6.01. The van der Waals surface area contributed by atoms with Gasteiger partial charge >= 0.3 is 12.0 Å². The molecule has 1 aliphatic heterocycles. The van der Waals surface area contributed by atoms with E-state index in [0.29, 0.717) is 6.54 Å². The molecule has 2 N–H and O–H groups in total. The standard InChI is InChI=1S/C12H23N3O3/c1-4-10-8-14(3)6-5-7-15(10)12(18)13-9(2)11(16)17/h9-10H,4-8H2,1-3H3,(H,13,18)(H,16,17). The molecule has 6 heteroatoms. The molecule has 18 heavy (non-hydrogen) atoms. The molecular weight excluding hydrogens is 234 g/mol. The molecule has 2 unspecified atom stereocenters. The van der Waals surface area contributed by atoms with Gasteiger partial charge in [-0.3, -0.25) is 4.79 Å². The topological polar surface area (TPSA) is 72.9 Å². The lowest BCUT2D eigenvalue weighted by Gasteiger charge is -2.30. The zero-order chi connectivity index (χ0) is 13.7. The Morgan fingerprint density at radius 3 is 2.67 bits per heavy atom. The summed E-state index contributed by atoms with van der Waals surface area (Å²) in [6, 6.07) is -0.971. The van der Waals surface area contributed by atoms with Crippen LogP contribution in [0, 0.1) is 0 Å². The van der Waals surface area contributed by atoms with Crippen molar-refractivity contribution >= 4 is 12.0 Å². The maximum Gasteiger partial charge on any atom is 0.325 e. The van der Waals surface area contributed by atoms with Gasteiger partial charge in [0.15, 0.2) is 0 Å². The molecule has 2 atom stereocenters. The van der Waals surface area contributed by atoms with Crippen LogP contribution < -0.4 is 5.32 Å². The van der Waals surface area contributed by atoms with Crippen molar-refractivity contribution in [1.29, 1.82) is 0 Å². The van der Waals surface area contributed by atoms with E-state index in [-0.39, 0.29) is 12.1 Å². The van der Waals surface area contributed by atoms with Crippen molar-refractivity contribution in [3.05, 3.63) is 0 Å². The monoisotopic (exact) mass is 257 g/mol. The second kappa shape index (κ2) is 6.58. The van der Waals surface area contributed by atoms with Gasteiger partial charge in [-0.25, -0.2) is 4.79 Å². The lowest BCUT2D eigenvalue weighted by atomic mass is 10.2. The second-order valence-corrected chi connectivity index (χ2v) is 4.88. The van der Waals surface area contributed by atoms with E-state index < -0.39 is 12.0 Å². The molecule has 104 valence electrons. The summed E-state index contributed by atoms with van der Waals surface area (Å²) in [6.07, 6.45) is 1.79. The minimum atomic E-state index is -1.01. The van der Waals surface area contributed by atoms with E-state index >= 15 is 0 Å². The van der Waals surface area contributed by atoms with Gasteiger partial charge in [0.1, 0.15) is 6.04 Å². The number of carboxylic acid groups (broad SMARTS) is 1. The summed E-state index contributed by atoms with van der Waals surface area (Å²) in [5.41, 5.74) is 0. The lowest BCUT2D eigenvalue weighted by molar-refractivity contribution is -0.138. The van der Waals surface area contributed by atoms with Gasteiger partial charge < -0.3 is 20.2 Å². The van der Waals surface area contributed by atoms with Gasteiger partial charge in [0.05, 0.1) is 0 Å². The average molecular weight is 257 g/mol. The number of aliphatic carboxylic acids is 1. The zero-order valence-corrected chi connectivity index (χ0v) is 11.3. The quantitative estimate of drug-likeness (QED) is 0.776. The van der Waals surface area contributed by atoms with Crippen molar-refractivity contribution in [3.63, 3.8) is 0 Å².